The highest BCUT2D eigenvalue weighted by atomic mass is 15.1. The molecule has 0 radical (unpaired) electrons. The molecular weight excluding hydrogens is 138 g/mol. The number of H-pyrrole nitrogens is 1. The van der Waals surface area contributed by atoms with Gasteiger partial charge in [0, 0.05) is 25.0 Å². The van der Waals surface area contributed by atoms with E-state index < -0.39 is 0 Å². The number of nitrogens with zero attached hydrogens (tertiary/aromatic N) is 1. The summed E-state index contributed by atoms with van der Waals surface area (Å²) < 4.78 is 0. The van der Waals surface area contributed by atoms with E-state index in [0.29, 0.717) is 12.6 Å². The molecule has 1 unspecified atom stereocenters. The second-order valence-electron chi connectivity index (χ2n) is 2.86. The molecule has 3 nitrogen and oxygen atoms in total. The molecule has 0 fully saturated rings. The quantitative estimate of drug-likeness (QED) is 0.667. The zero-order valence-electron chi connectivity index (χ0n) is 7.04. The molecule has 1 aromatic rings. The minimum atomic E-state index is 0.334. The van der Waals surface area contributed by atoms with Crippen LogP contribution in [0.2, 0.25) is 0 Å². The van der Waals surface area contributed by atoms with Crippen LogP contribution < -0.4 is 5.73 Å². The summed E-state index contributed by atoms with van der Waals surface area (Å²) in [5, 5.41) is 0. The Morgan fingerprint density at radius 1 is 1.64 bits per heavy atom. The van der Waals surface area contributed by atoms with Crippen molar-refractivity contribution in [1.82, 2.24) is 9.88 Å². The third kappa shape index (κ3) is 1.82. The van der Waals surface area contributed by atoms with Crippen LogP contribution in [0.4, 0.5) is 0 Å². The smallest absolute Gasteiger partial charge is 0.0479 e. The summed E-state index contributed by atoms with van der Waals surface area (Å²) in [5.41, 5.74) is 6.86. The van der Waals surface area contributed by atoms with E-state index >= 15 is 0 Å². The summed E-state index contributed by atoms with van der Waals surface area (Å²) in [7, 11) is 4.06. The topological polar surface area (TPSA) is 45.0 Å². The first kappa shape index (κ1) is 8.30. The van der Waals surface area contributed by atoms with E-state index in [0.717, 1.165) is 0 Å². The number of likely N-dealkylation sites (N-methyl/N-ethyl adjacent to an activating group) is 1. The van der Waals surface area contributed by atoms with Crippen molar-refractivity contribution in [2.24, 2.45) is 5.73 Å². The van der Waals surface area contributed by atoms with Gasteiger partial charge in [0.15, 0.2) is 0 Å². The maximum absolute atomic E-state index is 5.61. The second-order valence-corrected chi connectivity index (χ2v) is 2.86. The zero-order chi connectivity index (χ0) is 8.27. The predicted octanol–water partition coefficient (Wildman–Crippen LogP) is 0.576. The van der Waals surface area contributed by atoms with Gasteiger partial charge in [-0.1, -0.05) is 0 Å². The van der Waals surface area contributed by atoms with Crippen molar-refractivity contribution in [3.63, 3.8) is 0 Å². The Morgan fingerprint density at radius 3 is 2.73 bits per heavy atom. The molecule has 0 amide bonds. The molecule has 62 valence electrons. The summed E-state index contributed by atoms with van der Waals surface area (Å²) in [6.45, 7) is 0.658. The molecule has 3 heteroatoms. The number of nitrogens with one attached hydrogen (secondary N) is 1. The Hall–Kier alpha value is -0.800. The maximum Gasteiger partial charge on any atom is 0.0479 e. The van der Waals surface area contributed by atoms with Crippen molar-refractivity contribution < 1.29 is 0 Å². The molecule has 1 aromatic heterocycles. The zero-order valence-corrected chi connectivity index (χ0v) is 7.04. The van der Waals surface area contributed by atoms with Crippen molar-refractivity contribution in [2.45, 2.75) is 6.04 Å². The van der Waals surface area contributed by atoms with Crippen molar-refractivity contribution in [3.8, 4) is 0 Å². The Bertz CT molecular complexity index is 191. The van der Waals surface area contributed by atoms with E-state index in [1.165, 1.54) is 5.56 Å². The van der Waals surface area contributed by atoms with Gasteiger partial charge < -0.3 is 15.6 Å². The van der Waals surface area contributed by atoms with Crippen molar-refractivity contribution >= 4 is 0 Å². The van der Waals surface area contributed by atoms with Crippen LogP contribution in [0.5, 0.6) is 0 Å². The normalized spacial score (nSPS) is 13.8. The Kier molecular flexibility index (Phi) is 2.68. The van der Waals surface area contributed by atoms with Crippen molar-refractivity contribution in [3.05, 3.63) is 24.0 Å². The van der Waals surface area contributed by atoms with Gasteiger partial charge in [0.05, 0.1) is 0 Å². The fourth-order valence-corrected chi connectivity index (χ4v) is 1.19. The summed E-state index contributed by atoms with van der Waals surface area (Å²) in [6, 6.07) is 2.39. The monoisotopic (exact) mass is 153 g/mol. The molecule has 0 spiro atoms. The van der Waals surface area contributed by atoms with Crippen molar-refractivity contribution in [1.29, 1.82) is 0 Å². The molecule has 0 aliphatic rings. The lowest BCUT2D eigenvalue weighted by atomic mass is 10.1. The molecule has 11 heavy (non-hydrogen) atoms. The van der Waals surface area contributed by atoms with Crippen LogP contribution in [0.1, 0.15) is 11.6 Å². The molecule has 0 saturated heterocycles. The van der Waals surface area contributed by atoms with E-state index in [1.807, 2.05) is 26.5 Å². The first-order chi connectivity index (χ1) is 5.25. The van der Waals surface area contributed by atoms with Gasteiger partial charge in [-0.25, -0.2) is 0 Å². The number of aromatic amines is 1. The summed E-state index contributed by atoms with van der Waals surface area (Å²) >= 11 is 0. The highest BCUT2D eigenvalue weighted by Crippen LogP contribution is 2.14. The molecule has 1 heterocycles. The van der Waals surface area contributed by atoms with Crippen LogP contribution in [0, 0.1) is 0 Å². The van der Waals surface area contributed by atoms with Gasteiger partial charge in [0.1, 0.15) is 0 Å². The lowest BCUT2D eigenvalue weighted by molar-refractivity contribution is 0.306. The van der Waals surface area contributed by atoms with Crippen LogP contribution in [-0.4, -0.2) is 30.5 Å². The van der Waals surface area contributed by atoms with Crippen LogP contribution >= 0.6 is 0 Å². The van der Waals surface area contributed by atoms with Gasteiger partial charge in [-0.2, -0.15) is 0 Å². The Balaban J connectivity index is 2.71. The molecule has 1 atom stereocenters. The van der Waals surface area contributed by atoms with Crippen LogP contribution in [0.15, 0.2) is 18.5 Å². The molecule has 0 aliphatic carbocycles. The molecule has 3 N–H and O–H groups in total. The van der Waals surface area contributed by atoms with E-state index in [9.17, 15) is 0 Å². The van der Waals surface area contributed by atoms with Gasteiger partial charge in [0.25, 0.3) is 0 Å². The van der Waals surface area contributed by atoms with E-state index in [2.05, 4.69) is 16.0 Å². The molecule has 0 saturated carbocycles. The molecule has 0 bridgehead atoms. The number of aromatic nitrogens is 1. The summed E-state index contributed by atoms with van der Waals surface area (Å²) in [5.74, 6) is 0. The second kappa shape index (κ2) is 3.55. The average molecular weight is 153 g/mol. The standard InChI is InChI=1S/C8H15N3/c1-11(2)8(5-9)7-3-4-10-6-7/h3-4,6,8,10H,5,9H2,1-2H3. The van der Waals surface area contributed by atoms with Gasteiger partial charge in [-0.05, 0) is 25.7 Å². The fourth-order valence-electron chi connectivity index (χ4n) is 1.19. The van der Waals surface area contributed by atoms with Crippen LogP contribution in [0.25, 0.3) is 0 Å². The van der Waals surface area contributed by atoms with Gasteiger partial charge >= 0.3 is 0 Å². The fraction of sp³-hybridized carbons (Fsp3) is 0.500. The van der Waals surface area contributed by atoms with E-state index in [1.54, 1.807) is 0 Å². The molecule has 0 aliphatic heterocycles. The Morgan fingerprint density at radius 2 is 2.36 bits per heavy atom. The number of hydrogen-bond acceptors (Lipinski definition) is 2. The molecular formula is C8H15N3. The summed E-state index contributed by atoms with van der Waals surface area (Å²) in [6.07, 6.45) is 3.90. The first-order valence-electron chi connectivity index (χ1n) is 3.75. The third-order valence-corrected chi connectivity index (χ3v) is 1.85. The number of hydrogen-bond donors (Lipinski definition) is 2. The lowest BCUT2D eigenvalue weighted by Gasteiger charge is -2.21. The first-order valence-corrected chi connectivity index (χ1v) is 3.75. The van der Waals surface area contributed by atoms with Gasteiger partial charge in [-0.3, -0.25) is 0 Å². The van der Waals surface area contributed by atoms with E-state index in [-0.39, 0.29) is 0 Å². The van der Waals surface area contributed by atoms with Crippen LogP contribution in [0.3, 0.4) is 0 Å². The maximum atomic E-state index is 5.61. The average Bonchev–Trinajstić information content (AvgIpc) is 2.40. The van der Waals surface area contributed by atoms with Gasteiger partial charge in [0.2, 0.25) is 0 Å². The highest BCUT2D eigenvalue weighted by Gasteiger charge is 2.10. The van der Waals surface area contributed by atoms with Crippen LogP contribution in [-0.2, 0) is 0 Å². The minimum absolute atomic E-state index is 0.334. The number of nitrogens with two attached hydrogens (primary N) is 1. The SMILES string of the molecule is CN(C)C(CN)c1cc[nH]c1. The Labute approximate surface area is 67.2 Å². The largest absolute Gasteiger partial charge is 0.367 e. The van der Waals surface area contributed by atoms with E-state index in [4.69, 9.17) is 5.73 Å². The molecule has 1 rings (SSSR count). The predicted molar refractivity (Wildman–Crippen MR) is 46.3 cm³/mol. The van der Waals surface area contributed by atoms with Gasteiger partial charge in [-0.15, -0.1) is 0 Å². The molecule has 0 aromatic carbocycles. The lowest BCUT2D eigenvalue weighted by Crippen LogP contribution is -2.26. The van der Waals surface area contributed by atoms with Crippen molar-refractivity contribution in [2.75, 3.05) is 20.6 Å². The third-order valence-electron chi connectivity index (χ3n) is 1.85. The number of rotatable bonds is 3. The highest BCUT2D eigenvalue weighted by molar-refractivity contribution is 5.14. The summed E-state index contributed by atoms with van der Waals surface area (Å²) in [4.78, 5) is 5.13. The minimum Gasteiger partial charge on any atom is -0.367 e.